The van der Waals surface area contributed by atoms with Gasteiger partial charge in [-0.25, -0.2) is 0 Å². The van der Waals surface area contributed by atoms with E-state index in [4.69, 9.17) is 4.74 Å². The molecule has 0 radical (unpaired) electrons. The lowest BCUT2D eigenvalue weighted by molar-refractivity contribution is 0.0729. The van der Waals surface area contributed by atoms with E-state index in [2.05, 4.69) is 0 Å². The number of benzene rings is 1. The van der Waals surface area contributed by atoms with Crippen molar-refractivity contribution in [1.29, 1.82) is 0 Å². The van der Waals surface area contributed by atoms with Crippen LogP contribution in [0, 0.1) is 0 Å². The van der Waals surface area contributed by atoms with Gasteiger partial charge < -0.3 is 4.74 Å². The molecule has 3 heteroatoms. The summed E-state index contributed by atoms with van der Waals surface area (Å²) in [4.78, 5) is 0.905. The molecule has 0 amide bonds. The minimum absolute atomic E-state index is 0.307. The predicted molar refractivity (Wildman–Crippen MR) is 86.8 cm³/mol. The normalized spacial score (nSPS) is 23.7. The highest BCUT2D eigenvalue weighted by atomic mass is 32.2. The van der Waals surface area contributed by atoms with Crippen LogP contribution in [0.5, 0.6) is 0 Å². The summed E-state index contributed by atoms with van der Waals surface area (Å²) < 4.78 is 18.3. The van der Waals surface area contributed by atoms with E-state index in [0.717, 1.165) is 11.3 Å². The number of hydrogen-bond acceptors (Lipinski definition) is 2. The van der Waals surface area contributed by atoms with Crippen LogP contribution in [-0.4, -0.2) is 22.7 Å². The maximum atomic E-state index is 12.2. The Labute approximate surface area is 130 Å². The van der Waals surface area contributed by atoms with E-state index >= 15 is 0 Å². The Morgan fingerprint density at radius 1 is 1.05 bits per heavy atom. The third kappa shape index (κ3) is 3.83. The molecule has 0 N–H and O–H groups in total. The molecule has 114 valence electrons. The number of rotatable bonds is 5. The molecule has 2 unspecified atom stereocenters. The first kappa shape index (κ1) is 15.0. The molecule has 0 aliphatic heterocycles. The summed E-state index contributed by atoms with van der Waals surface area (Å²) in [5.74, 6) is 0.600. The molecule has 3 rings (SSSR count). The van der Waals surface area contributed by atoms with Crippen LogP contribution in [0.25, 0.3) is 0 Å². The maximum absolute atomic E-state index is 12.2. The van der Waals surface area contributed by atoms with Gasteiger partial charge in [0.1, 0.15) is 0 Å². The minimum atomic E-state index is -0.939. The van der Waals surface area contributed by atoms with Gasteiger partial charge in [0.15, 0.2) is 0 Å². The maximum Gasteiger partial charge on any atom is 0.0788 e. The SMILES string of the molecule is O=S(CCOC1CCCC2=C1CCCC2)c1ccccc1. The van der Waals surface area contributed by atoms with Crippen molar-refractivity contribution >= 4 is 10.8 Å². The average Bonchev–Trinajstić information content (AvgIpc) is 2.56. The van der Waals surface area contributed by atoms with E-state index in [1.54, 1.807) is 11.1 Å². The van der Waals surface area contributed by atoms with Gasteiger partial charge in [-0.2, -0.15) is 0 Å². The largest absolute Gasteiger partial charge is 0.373 e. The van der Waals surface area contributed by atoms with E-state index in [9.17, 15) is 4.21 Å². The Kier molecular flexibility index (Phi) is 5.26. The standard InChI is InChI=1S/C18H24O2S/c19-21(16-9-2-1-3-10-16)14-13-20-18-12-6-8-15-7-4-5-11-17(15)18/h1-3,9-10,18H,4-8,11-14H2. The molecule has 0 saturated heterocycles. The fraction of sp³-hybridized carbons (Fsp3) is 0.556. The average molecular weight is 304 g/mol. The van der Waals surface area contributed by atoms with Crippen molar-refractivity contribution in [3.63, 3.8) is 0 Å². The summed E-state index contributed by atoms with van der Waals surface area (Å²) in [7, 11) is -0.939. The molecule has 0 saturated carbocycles. The van der Waals surface area contributed by atoms with Crippen molar-refractivity contribution in [3.05, 3.63) is 41.5 Å². The van der Waals surface area contributed by atoms with E-state index in [-0.39, 0.29) is 0 Å². The van der Waals surface area contributed by atoms with Gasteiger partial charge in [-0.1, -0.05) is 23.8 Å². The van der Waals surface area contributed by atoms with E-state index in [0.29, 0.717) is 18.5 Å². The highest BCUT2D eigenvalue weighted by Crippen LogP contribution is 2.36. The van der Waals surface area contributed by atoms with Crippen LogP contribution in [0.1, 0.15) is 44.9 Å². The van der Waals surface area contributed by atoms with Gasteiger partial charge in [-0.15, -0.1) is 0 Å². The van der Waals surface area contributed by atoms with Gasteiger partial charge in [-0.3, -0.25) is 4.21 Å². The van der Waals surface area contributed by atoms with Crippen LogP contribution in [0.15, 0.2) is 46.4 Å². The van der Waals surface area contributed by atoms with Crippen molar-refractivity contribution in [3.8, 4) is 0 Å². The first-order valence-corrected chi connectivity index (χ1v) is 9.42. The van der Waals surface area contributed by atoms with Crippen LogP contribution in [0.2, 0.25) is 0 Å². The first-order chi connectivity index (χ1) is 10.3. The summed E-state index contributed by atoms with van der Waals surface area (Å²) in [5.41, 5.74) is 3.25. The topological polar surface area (TPSA) is 26.3 Å². The Balaban J connectivity index is 1.52. The predicted octanol–water partition coefficient (Wildman–Crippen LogP) is 4.23. The van der Waals surface area contributed by atoms with Gasteiger partial charge in [0.05, 0.1) is 29.3 Å². The second-order valence-electron chi connectivity index (χ2n) is 5.95. The molecule has 2 nitrogen and oxygen atoms in total. The van der Waals surface area contributed by atoms with Crippen LogP contribution >= 0.6 is 0 Å². The lowest BCUT2D eigenvalue weighted by Crippen LogP contribution is -2.25. The molecule has 2 aliphatic rings. The third-order valence-corrected chi connectivity index (χ3v) is 5.89. The molecular weight excluding hydrogens is 280 g/mol. The molecule has 0 spiro atoms. The van der Waals surface area contributed by atoms with Crippen LogP contribution in [0.4, 0.5) is 0 Å². The summed E-state index contributed by atoms with van der Waals surface area (Å²) in [6.45, 7) is 0.600. The van der Waals surface area contributed by atoms with Crippen LogP contribution < -0.4 is 0 Å². The molecule has 0 heterocycles. The highest BCUT2D eigenvalue weighted by Gasteiger charge is 2.25. The van der Waals surface area contributed by atoms with Crippen molar-refractivity contribution < 1.29 is 8.95 Å². The zero-order valence-electron chi connectivity index (χ0n) is 12.6. The zero-order valence-corrected chi connectivity index (χ0v) is 13.4. The number of allylic oxidation sites excluding steroid dienone is 1. The lowest BCUT2D eigenvalue weighted by atomic mass is 9.80. The van der Waals surface area contributed by atoms with Crippen molar-refractivity contribution in [2.75, 3.05) is 12.4 Å². The summed E-state index contributed by atoms with van der Waals surface area (Å²) >= 11 is 0. The molecule has 1 aromatic carbocycles. The number of hydrogen-bond donors (Lipinski definition) is 0. The monoisotopic (exact) mass is 304 g/mol. The molecule has 0 aromatic heterocycles. The first-order valence-electron chi connectivity index (χ1n) is 8.10. The smallest absolute Gasteiger partial charge is 0.0788 e. The molecule has 0 bridgehead atoms. The van der Waals surface area contributed by atoms with Gasteiger partial charge in [0.2, 0.25) is 0 Å². The molecular formula is C18H24O2S. The molecule has 21 heavy (non-hydrogen) atoms. The Bertz CT molecular complexity index is 517. The van der Waals surface area contributed by atoms with Crippen molar-refractivity contribution in [1.82, 2.24) is 0 Å². The summed E-state index contributed by atoms with van der Waals surface area (Å²) in [6, 6.07) is 9.69. The Morgan fingerprint density at radius 3 is 2.67 bits per heavy atom. The number of ether oxygens (including phenoxy) is 1. The highest BCUT2D eigenvalue weighted by molar-refractivity contribution is 7.85. The molecule has 2 aliphatic carbocycles. The third-order valence-electron chi connectivity index (χ3n) is 4.56. The van der Waals surface area contributed by atoms with Crippen molar-refractivity contribution in [2.45, 2.75) is 55.9 Å². The van der Waals surface area contributed by atoms with Gasteiger partial charge in [-0.05, 0) is 62.7 Å². The second-order valence-corrected chi connectivity index (χ2v) is 7.52. The van der Waals surface area contributed by atoms with Crippen LogP contribution in [0.3, 0.4) is 0 Å². The summed E-state index contributed by atoms with van der Waals surface area (Å²) in [5, 5.41) is 0. The zero-order chi connectivity index (χ0) is 14.5. The van der Waals surface area contributed by atoms with E-state index < -0.39 is 10.8 Å². The quantitative estimate of drug-likeness (QED) is 0.761. The fourth-order valence-electron chi connectivity index (χ4n) is 3.48. The molecule has 0 fully saturated rings. The summed E-state index contributed by atoms with van der Waals surface area (Å²) in [6.07, 6.45) is 9.17. The minimum Gasteiger partial charge on any atom is -0.373 e. The van der Waals surface area contributed by atoms with E-state index in [1.807, 2.05) is 30.3 Å². The van der Waals surface area contributed by atoms with Crippen LogP contribution in [-0.2, 0) is 15.5 Å². The molecule has 1 aromatic rings. The Hall–Kier alpha value is -0.930. The lowest BCUT2D eigenvalue weighted by Gasteiger charge is -2.31. The van der Waals surface area contributed by atoms with E-state index in [1.165, 1.54) is 38.5 Å². The van der Waals surface area contributed by atoms with Gasteiger partial charge in [0.25, 0.3) is 0 Å². The fourth-order valence-corrected chi connectivity index (χ4v) is 4.42. The van der Waals surface area contributed by atoms with Gasteiger partial charge >= 0.3 is 0 Å². The molecule has 2 atom stereocenters. The van der Waals surface area contributed by atoms with Gasteiger partial charge in [0, 0.05) is 4.90 Å². The Morgan fingerprint density at radius 2 is 1.81 bits per heavy atom. The second kappa shape index (κ2) is 7.37. The van der Waals surface area contributed by atoms with Crippen molar-refractivity contribution in [2.24, 2.45) is 0 Å².